The molecule has 2 aliphatic rings. The van der Waals surface area contributed by atoms with E-state index in [1.54, 1.807) is 0 Å². The van der Waals surface area contributed by atoms with Gasteiger partial charge in [0.2, 0.25) is 0 Å². The molecule has 0 bridgehead atoms. The van der Waals surface area contributed by atoms with E-state index in [-0.39, 0.29) is 0 Å². The van der Waals surface area contributed by atoms with Crippen molar-refractivity contribution < 1.29 is 0 Å². The lowest BCUT2D eigenvalue weighted by molar-refractivity contribution is 0.949. The van der Waals surface area contributed by atoms with Crippen LogP contribution in [-0.4, -0.2) is 26.2 Å². The lowest BCUT2D eigenvalue weighted by Gasteiger charge is -2.17. The summed E-state index contributed by atoms with van der Waals surface area (Å²) in [5.41, 5.74) is 9.07. The lowest BCUT2D eigenvalue weighted by atomic mass is 10.1. The zero-order valence-corrected chi connectivity index (χ0v) is 22.9. The highest BCUT2D eigenvalue weighted by Gasteiger charge is 2.12. The minimum atomic E-state index is 1.02. The third-order valence-electron chi connectivity index (χ3n) is 7.67. The van der Waals surface area contributed by atoms with E-state index in [9.17, 15) is 0 Å². The van der Waals surface area contributed by atoms with Crippen LogP contribution in [0, 0.1) is 23.7 Å². The molecule has 0 N–H and O–H groups in total. The first-order valence-corrected chi connectivity index (χ1v) is 14.4. The Bertz CT molecular complexity index is 1440. The molecule has 2 heteroatoms. The average molecular weight is 519 g/mol. The summed E-state index contributed by atoms with van der Waals surface area (Å²) in [7, 11) is 0. The first kappa shape index (κ1) is 25.6. The molecular formula is C38H34N2. The molecule has 40 heavy (non-hydrogen) atoms. The van der Waals surface area contributed by atoms with E-state index in [1.807, 2.05) is 0 Å². The summed E-state index contributed by atoms with van der Waals surface area (Å²) in [5.74, 6) is 13.2. The summed E-state index contributed by atoms with van der Waals surface area (Å²) in [5, 5.41) is 0. The van der Waals surface area contributed by atoms with Crippen molar-refractivity contribution in [3.8, 4) is 23.7 Å². The maximum absolute atomic E-state index is 3.30. The smallest absolute Gasteiger partial charge is 0.0367 e. The van der Waals surface area contributed by atoms with Gasteiger partial charge in [-0.3, -0.25) is 0 Å². The summed E-state index contributed by atoms with van der Waals surface area (Å²) in [6.07, 6.45) is 9.45. The molecule has 2 saturated heterocycles. The molecule has 2 heterocycles. The Hall–Kier alpha value is -4.66. The van der Waals surface area contributed by atoms with Crippen LogP contribution in [0.1, 0.15) is 59.1 Å². The topological polar surface area (TPSA) is 6.48 Å². The van der Waals surface area contributed by atoms with Crippen LogP contribution in [0.2, 0.25) is 0 Å². The van der Waals surface area contributed by atoms with Gasteiger partial charge in [0.05, 0.1) is 0 Å². The van der Waals surface area contributed by atoms with E-state index in [4.69, 9.17) is 0 Å². The van der Waals surface area contributed by atoms with Crippen LogP contribution in [0.5, 0.6) is 0 Å². The molecule has 0 aliphatic carbocycles. The van der Waals surface area contributed by atoms with Gasteiger partial charge in [0, 0.05) is 59.8 Å². The molecule has 4 aromatic rings. The van der Waals surface area contributed by atoms with Crippen molar-refractivity contribution >= 4 is 23.5 Å². The van der Waals surface area contributed by atoms with Gasteiger partial charge in [-0.05, 0) is 110 Å². The molecule has 196 valence electrons. The summed E-state index contributed by atoms with van der Waals surface area (Å²) in [4.78, 5) is 4.89. The number of benzene rings is 4. The second-order valence-electron chi connectivity index (χ2n) is 10.6. The molecular weight excluding hydrogens is 484 g/mol. The average Bonchev–Trinajstić information content (AvgIpc) is 3.75. The molecule has 0 amide bonds. The number of nitrogens with zero attached hydrogens (tertiary/aromatic N) is 2. The quantitative estimate of drug-likeness (QED) is 0.200. The SMILES string of the molecule is C(#Cc1ccc(N2CCCC2)cc1)c1ccc(/C=C/c2ccc(C#Cc3ccc(N4CCCC4)cc3)cc2)cc1. The predicted octanol–water partition coefficient (Wildman–Crippen LogP) is 7.86. The maximum Gasteiger partial charge on any atom is 0.0367 e. The Morgan fingerprint density at radius 1 is 0.375 bits per heavy atom. The molecule has 0 unspecified atom stereocenters. The molecule has 0 aromatic heterocycles. The molecule has 0 radical (unpaired) electrons. The standard InChI is InChI=1S/C38H34N2/c1-2-28-39(27-1)37-23-19-35(20-24-37)17-15-33-11-7-31(8-12-33)5-6-32-9-13-34(14-10-32)16-18-36-21-25-38(26-22-36)40-29-3-4-30-40/h5-14,19-26H,1-4,27-30H2/b6-5+. The third kappa shape index (κ3) is 6.66. The van der Waals surface area contributed by atoms with E-state index >= 15 is 0 Å². The predicted molar refractivity (Wildman–Crippen MR) is 170 cm³/mol. The minimum absolute atomic E-state index is 1.02. The highest BCUT2D eigenvalue weighted by molar-refractivity contribution is 5.70. The van der Waals surface area contributed by atoms with E-state index < -0.39 is 0 Å². The van der Waals surface area contributed by atoms with Crippen molar-refractivity contribution in [2.24, 2.45) is 0 Å². The Labute approximate surface area is 239 Å². The highest BCUT2D eigenvalue weighted by Crippen LogP contribution is 2.21. The van der Waals surface area contributed by atoms with Crippen LogP contribution >= 0.6 is 0 Å². The first-order valence-electron chi connectivity index (χ1n) is 14.4. The van der Waals surface area contributed by atoms with Gasteiger partial charge in [-0.1, -0.05) is 60.1 Å². The Morgan fingerprint density at radius 2 is 0.650 bits per heavy atom. The van der Waals surface area contributed by atoms with E-state index in [2.05, 4.69) is 143 Å². The van der Waals surface area contributed by atoms with Crippen molar-refractivity contribution in [2.75, 3.05) is 36.0 Å². The fourth-order valence-electron chi connectivity index (χ4n) is 5.30. The van der Waals surface area contributed by atoms with Crippen molar-refractivity contribution in [3.05, 3.63) is 130 Å². The lowest BCUT2D eigenvalue weighted by Crippen LogP contribution is -2.17. The van der Waals surface area contributed by atoms with Crippen molar-refractivity contribution in [1.29, 1.82) is 0 Å². The van der Waals surface area contributed by atoms with Gasteiger partial charge in [-0.25, -0.2) is 0 Å². The van der Waals surface area contributed by atoms with Crippen molar-refractivity contribution in [3.63, 3.8) is 0 Å². The summed E-state index contributed by atoms with van der Waals surface area (Å²) in [6, 6.07) is 34.1. The number of hydrogen-bond donors (Lipinski definition) is 0. The third-order valence-corrected chi connectivity index (χ3v) is 7.67. The number of rotatable bonds is 4. The van der Waals surface area contributed by atoms with E-state index in [1.165, 1.54) is 63.2 Å². The Kier molecular flexibility index (Phi) is 7.98. The zero-order valence-electron chi connectivity index (χ0n) is 22.9. The monoisotopic (exact) mass is 518 g/mol. The zero-order chi connectivity index (χ0) is 27.0. The van der Waals surface area contributed by atoms with Gasteiger partial charge < -0.3 is 9.80 Å². The minimum Gasteiger partial charge on any atom is -0.372 e. The molecule has 0 spiro atoms. The van der Waals surface area contributed by atoms with Crippen LogP contribution in [0.3, 0.4) is 0 Å². The molecule has 4 aromatic carbocycles. The van der Waals surface area contributed by atoms with Crippen molar-refractivity contribution in [2.45, 2.75) is 25.7 Å². The van der Waals surface area contributed by atoms with Gasteiger partial charge in [-0.2, -0.15) is 0 Å². The van der Waals surface area contributed by atoms with Gasteiger partial charge in [0.25, 0.3) is 0 Å². The summed E-state index contributed by atoms with van der Waals surface area (Å²) >= 11 is 0. The molecule has 2 nitrogen and oxygen atoms in total. The Balaban J connectivity index is 1.03. The van der Waals surface area contributed by atoms with E-state index in [0.717, 1.165) is 33.4 Å². The van der Waals surface area contributed by atoms with Gasteiger partial charge in [-0.15, -0.1) is 0 Å². The Morgan fingerprint density at radius 3 is 0.950 bits per heavy atom. The number of hydrogen-bond acceptors (Lipinski definition) is 2. The molecule has 0 saturated carbocycles. The largest absolute Gasteiger partial charge is 0.372 e. The normalized spacial score (nSPS) is 14.6. The van der Waals surface area contributed by atoms with E-state index in [0.29, 0.717) is 0 Å². The first-order chi connectivity index (χ1) is 19.8. The highest BCUT2D eigenvalue weighted by atomic mass is 15.1. The van der Waals surface area contributed by atoms with Crippen LogP contribution in [0.4, 0.5) is 11.4 Å². The summed E-state index contributed by atoms with van der Waals surface area (Å²) in [6.45, 7) is 4.67. The maximum atomic E-state index is 3.30. The van der Waals surface area contributed by atoms with Gasteiger partial charge in [0.1, 0.15) is 0 Å². The second kappa shape index (κ2) is 12.5. The van der Waals surface area contributed by atoms with Crippen molar-refractivity contribution in [1.82, 2.24) is 0 Å². The van der Waals surface area contributed by atoms with Gasteiger partial charge in [0.15, 0.2) is 0 Å². The number of anilines is 2. The van der Waals surface area contributed by atoms with Gasteiger partial charge >= 0.3 is 0 Å². The summed E-state index contributed by atoms with van der Waals surface area (Å²) < 4.78 is 0. The van der Waals surface area contributed by atoms with Crippen LogP contribution in [0.15, 0.2) is 97.1 Å². The molecule has 2 aliphatic heterocycles. The van der Waals surface area contributed by atoms with Crippen LogP contribution in [-0.2, 0) is 0 Å². The second-order valence-corrected chi connectivity index (χ2v) is 10.6. The van der Waals surface area contributed by atoms with Crippen LogP contribution < -0.4 is 9.80 Å². The molecule has 0 atom stereocenters. The molecule has 2 fully saturated rings. The fraction of sp³-hybridized carbons (Fsp3) is 0.211. The van der Waals surface area contributed by atoms with Crippen LogP contribution in [0.25, 0.3) is 12.2 Å². The fourth-order valence-corrected chi connectivity index (χ4v) is 5.30. The molecule has 6 rings (SSSR count).